The number of ether oxygens (including phenoxy) is 1. The zero-order valence-corrected chi connectivity index (χ0v) is 12.4. The molecule has 0 spiro atoms. The van der Waals surface area contributed by atoms with Gasteiger partial charge in [0, 0.05) is 16.6 Å². The maximum Gasteiger partial charge on any atom is 0.271 e. The van der Waals surface area contributed by atoms with Crippen LogP contribution in [0.3, 0.4) is 0 Å². The van der Waals surface area contributed by atoms with Crippen molar-refractivity contribution in [3.8, 4) is 11.5 Å². The minimum absolute atomic E-state index is 0.0842. The molecule has 2 aromatic carbocycles. The third kappa shape index (κ3) is 3.27. The minimum atomic E-state index is -0.526. The first-order valence-electron chi connectivity index (χ1n) is 5.52. The van der Waals surface area contributed by atoms with E-state index < -0.39 is 4.92 Å². The van der Waals surface area contributed by atoms with Gasteiger partial charge in [0.25, 0.3) is 5.69 Å². The van der Waals surface area contributed by atoms with E-state index in [-0.39, 0.29) is 17.3 Å². The van der Waals surface area contributed by atoms with E-state index in [4.69, 9.17) is 21.4 Å². The van der Waals surface area contributed by atoms with Gasteiger partial charge >= 0.3 is 0 Å². The fraction of sp³-hybridized carbons (Fsp3) is 0.0769. The number of non-ortho nitro benzene ring substituents is 1. The molecular weight excluding hydrogens is 350 g/mol. The molecule has 2 aromatic rings. The lowest BCUT2D eigenvalue weighted by Gasteiger charge is -2.09. The highest BCUT2D eigenvalue weighted by atomic mass is 79.9. The summed E-state index contributed by atoms with van der Waals surface area (Å²) in [6, 6.07) is 9.05. The molecular formula is C13H9BrClNO4. The molecule has 2 rings (SSSR count). The molecule has 0 radical (unpaired) electrons. The molecule has 104 valence electrons. The van der Waals surface area contributed by atoms with Gasteiger partial charge in [-0.3, -0.25) is 10.1 Å². The largest absolute Gasteiger partial charge is 0.456 e. The minimum Gasteiger partial charge on any atom is -0.456 e. The standard InChI is InChI=1S/C13H9BrClNO4/c14-11-6-10(3-1-8(11)7-17)20-13-4-2-9(16(18)19)5-12(13)15/h1-6,17H,7H2. The molecule has 0 aliphatic carbocycles. The first-order chi connectivity index (χ1) is 9.51. The van der Waals surface area contributed by atoms with Gasteiger partial charge < -0.3 is 9.84 Å². The van der Waals surface area contributed by atoms with Gasteiger partial charge in [0.2, 0.25) is 0 Å². The van der Waals surface area contributed by atoms with Gasteiger partial charge in [0.15, 0.2) is 0 Å². The lowest BCUT2D eigenvalue weighted by atomic mass is 10.2. The normalized spacial score (nSPS) is 10.3. The van der Waals surface area contributed by atoms with Gasteiger partial charge in [-0.05, 0) is 23.8 Å². The van der Waals surface area contributed by atoms with Crippen LogP contribution in [-0.2, 0) is 6.61 Å². The van der Waals surface area contributed by atoms with Crippen LogP contribution < -0.4 is 4.74 Å². The highest BCUT2D eigenvalue weighted by Gasteiger charge is 2.11. The molecule has 0 aromatic heterocycles. The third-order valence-electron chi connectivity index (χ3n) is 2.55. The summed E-state index contributed by atoms with van der Waals surface area (Å²) in [7, 11) is 0. The summed E-state index contributed by atoms with van der Waals surface area (Å²) in [5, 5.41) is 19.8. The van der Waals surface area contributed by atoms with Gasteiger partial charge in [-0.25, -0.2) is 0 Å². The van der Waals surface area contributed by atoms with E-state index in [0.29, 0.717) is 16.0 Å². The van der Waals surface area contributed by atoms with Crippen LogP contribution in [0.25, 0.3) is 0 Å². The van der Waals surface area contributed by atoms with Crippen molar-refractivity contribution in [2.45, 2.75) is 6.61 Å². The Hall–Kier alpha value is -1.63. The number of aliphatic hydroxyl groups is 1. The predicted molar refractivity (Wildman–Crippen MR) is 78.2 cm³/mol. The Balaban J connectivity index is 2.26. The van der Waals surface area contributed by atoms with Crippen molar-refractivity contribution in [3.05, 3.63) is 61.6 Å². The second-order valence-electron chi connectivity index (χ2n) is 3.89. The van der Waals surface area contributed by atoms with Gasteiger partial charge in [-0.15, -0.1) is 0 Å². The molecule has 5 nitrogen and oxygen atoms in total. The fourth-order valence-electron chi connectivity index (χ4n) is 1.53. The zero-order valence-electron chi connectivity index (χ0n) is 10.0. The van der Waals surface area contributed by atoms with Crippen LogP contribution in [0.1, 0.15) is 5.56 Å². The Morgan fingerprint density at radius 1 is 1.30 bits per heavy atom. The van der Waals surface area contributed by atoms with Crippen molar-refractivity contribution >= 4 is 33.2 Å². The van der Waals surface area contributed by atoms with Gasteiger partial charge in [0.1, 0.15) is 11.5 Å². The van der Waals surface area contributed by atoms with E-state index in [0.717, 1.165) is 5.56 Å². The summed E-state index contributed by atoms with van der Waals surface area (Å²) in [6.07, 6.45) is 0. The predicted octanol–water partition coefficient (Wildman–Crippen LogP) is 4.30. The highest BCUT2D eigenvalue weighted by Crippen LogP contribution is 2.33. The highest BCUT2D eigenvalue weighted by molar-refractivity contribution is 9.10. The first kappa shape index (κ1) is 14.8. The van der Waals surface area contributed by atoms with Crippen LogP contribution >= 0.6 is 27.5 Å². The molecule has 0 bridgehead atoms. The lowest BCUT2D eigenvalue weighted by Crippen LogP contribution is -1.91. The number of benzene rings is 2. The van der Waals surface area contributed by atoms with Crippen molar-refractivity contribution in [2.75, 3.05) is 0 Å². The molecule has 0 unspecified atom stereocenters. The average molecular weight is 359 g/mol. The molecule has 0 amide bonds. The average Bonchev–Trinajstić information content (AvgIpc) is 2.41. The maximum atomic E-state index is 10.6. The smallest absolute Gasteiger partial charge is 0.271 e. The number of halogens is 2. The molecule has 0 saturated carbocycles. The second kappa shape index (κ2) is 6.21. The quantitative estimate of drug-likeness (QED) is 0.653. The molecule has 1 N–H and O–H groups in total. The Kier molecular flexibility index (Phi) is 4.59. The molecule has 0 heterocycles. The number of nitro groups is 1. The molecule has 0 aliphatic heterocycles. The number of hydrogen-bond donors (Lipinski definition) is 1. The number of nitrogens with zero attached hydrogens (tertiary/aromatic N) is 1. The van der Waals surface area contributed by atoms with Crippen molar-refractivity contribution in [1.29, 1.82) is 0 Å². The van der Waals surface area contributed by atoms with Gasteiger partial charge in [0.05, 0.1) is 16.6 Å². The van der Waals surface area contributed by atoms with E-state index in [9.17, 15) is 10.1 Å². The van der Waals surface area contributed by atoms with Crippen LogP contribution in [0.5, 0.6) is 11.5 Å². The van der Waals surface area contributed by atoms with E-state index >= 15 is 0 Å². The number of hydrogen-bond acceptors (Lipinski definition) is 4. The Bertz CT molecular complexity index is 663. The van der Waals surface area contributed by atoms with Crippen LogP contribution in [0, 0.1) is 10.1 Å². The van der Waals surface area contributed by atoms with Crippen LogP contribution in [0.4, 0.5) is 5.69 Å². The van der Waals surface area contributed by atoms with E-state index in [1.54, 1.807) is 18.2 Å². The number of aliphatic hydroxyl groups excluding tert-OH is 1. The molecule has 7 heteroatoms. The number of nitro benzene ring substituents is 1. The molecule has 0 fully saturated rings. The van der Waals surface area contributed by atoms with Gasteiger partial charge in [-0.2, -0.15) is 0 Å². The van der Waals surface area contributed by atoms with E-state index in [2.05, 4.69) is 15.9 Å². The third-order valence-corrected chi connectivity index (χ3v) is 3.58. The molecule has 20 heavy (non-hydrogen) atoms. The monoisotopic (exact) mass is 357 g/mol. The second-order valence-corrected chi connectivity index (χ2v) is 5.15. The Labute approximate surface area is 128 Å². The number of rotatable bonds is 4. The van der Waals surface area contributed by atoms with Crippen molar-refractivity contribution in [2.24, 2.45) is 0 Å². The molecule has 0 saturated heterocycles. The van der Waals surface area contributed by atoms with Gasteiger partial charge in [-0.1, -0.05) is 33.6 Å². The van der Waals surface area contributed by atoms with Crippen LogP contribution in [0.15, 0.2) is 40.9 Å². The molecule has 0 aliphatic rings. The lowest BCUT2D eigenvalue weighted by molar-refractivity contribution is -0.384. The zero-order chi connectivity index (χ0) is 14.7. The summed E-state index contributed by atoms with van der Waals surface area (Å²) in [6.45, 7) is -0.0842. The summed E-state index contributed by atoms with van der Waals surface area (Å²) < 4.78 is 6.26. The molecule has 0 atom stereocenters. The van der Waals surface area contributed by atoms with Crippen molar-refractivity contribution in [1.82, 2.24) is 0 Å². The van der Waals surface area contributed by atoms with Crippen LogP contribution in [0.2, 0.25) is 5.02 Å². The summed E-state index contributed by atoms with van der Waals surface area (Å²) in [5.74, 6) is 0.825. The SMILES string of the molecule is O=[N+]([O-])c1ccc(Oc2ccc(CO)c(Br)c2)c(Cl)c1. The van der Waals surface area contributed by atoms with Crippen LogP contribution in [-0.4, -0.2) is 10.0 Å². The first-order valence-corrected chi connectivity index (χ1v) is 6.69. The Morgan fingerprint density at radius 3 is 2.60 bits per heavy atom. The van der Waals surface area contributed by atoms with E-state index in [1.165, 1.54) is 18.2 Å². The summed E-state index contributed by atoms with van der Waals surface area (Å²) in [5.41, 5.74) is 0.631. The summed E-state index contributed by atoms with van der Waals surface area (Å²) >= 11 is 9.25. The van der Waals surface area contributed by atoms with Crippen molar-refractivity contribution in [3.63, 3.8) is 0 Å². The Morgan fingerprint density at radius 2 is 2.05 bits per heavy atom. The summed E-state index contributed by atoms with van der Waals surface area (Å²) in [4.78, 5) is 10.1. The van der Waals surface area contributed by atoms with E-state index in [1.807, 2.05) is 0 Å². The van der Waals surface area contributed by atoms with Crippen molar-refractivity contribution < 1.29 is 14.8 Å². The fourth-order valence-corrected chi connectivity index (χ4v) is 2.23. The maximum absolute atomic E-state index is 10.6. The topological polar surface area (TPSA) is 72.6 Å².